The standard InChI is InChI=1S/C11H10ClN5O3/c1-6-2-3-7(12)8(4-6)20-11-9(17(18)19)10(16-13)14-5-15-11/h2-5H,13H2,1H3,(H,14,15,16). The zero-order valence-corrected chi connectivity index (χ0v) is 11.1. The van der Waals surface area contributed by atoms with Crippen molar-refractivity contribution in [3.8, 4) is 11.6 Å². The number of nitrogens with one attached hydrogen (secondary N) is 1. The Balaban J connectivity index is 2.48. The van der Waals surface area contributed by atoms with E-state index >= 15 is 0 Å². The first-order chi connectivity index (χ1) is 9.52. The lowest BCUT2D eigenvalue weighted by atomic mass is 10.2. The van der Waals surface area contributed by atoms with E-state index in [4.69, 9.17) is 22.2 Å². The summed E-state index contributed by atoms with van der Waals surface area (Å²) in [6.45, 7) is 1.84. The number of benzene rings is 1. The number of ether oxygens (including phenoxy) is 1. The molecular formula is C11H10ClN5O3. The summed E-state index contributed by atoms with van der Waals surface area (Å²) < 4.78 is 5.40. The largest absolute Gasteiger partial charge is 0.432 e. The number of nitrogens with zero attached hydrogens (tertiary/aromatic N) is 3. The van der Waals surface area contributed by atoms with Crippen LogP contribution in [0.15, 0.2) is 24.5 Å². The molecule has 0 fully saturated rings. The van der Waals surface area contributed by atoms with Gasteiger partial charge in [0.25, 0.3) is 0 Å². The monoisotopic (exact) mass is 295 g/mol. The molecule has 20 heavy (non-hydrogen) atoms. The Morgan fingerprint density at radius 1 is 1.45 bits per heavy atom. The van der Waals surface area contributed by atoms with Gasteiger partial charge in [-0.25, -0.2) is 10.8 Å². The molecule has 2 rings (SSSR count). The van der Waals surface area contributed by atoms with Crippen LogP contribution in [-0.4, -0.2) is 14.9 Å². The number of hydrazine groups is 1. The summed E-state index contributed by atoms with van der Waals surface area (Å²) in [5.74, 6) is 5.04. The quantitative estimate of drug-likeness (QED) is 0.505. The highest BCUT2D eigenvalue weighted by Crippen LogP contribution is 2.36. The van der Waals surface area contributed by atoms with E-state index in [1.54, 1.807) is 18.2 Å². The summed E-state index contributed by atoms with van der Waals surface area (Å²) >= 11 is 5.97. The average Bonchev–Trinajstić information content (AvgIpc) is 2.42. The highest BCUT2D eigenvalue weighted by atomic mass is 35.5. The van der Waals surface area contributed by atoms with Crippen LogP contribution in [0, 0.1) is 17.0 Å². The number of nitro groups is 1. The van der Waals surface area contributed by atoms with Gasteiger partial charge in [0.2, 0.25) is 5.82 Å². The number of hydrogen-bond acceptors (Lipinski definition) is 7. The first-order valence-corrected chi connectivity index (χ1v) is 5.80. The van der Waals surface area contributed by atoms with Crippen LogP contribution in [0.1, 0.15) is 5.56 Å². The highest BCUT2D eigenvalue weighted by Gasteiger charge is 2.25. The third-order valence-corrected chi connectivity index (χ3v) is 2.71. The van der Waals surface area contributed by atoms with Gasteiger partial charge in [-0.15, -0.1) is 0 Å². The van der Waals surface area contributed by atoms with E-state index in [9.17, 15) is 10.1 Å². The summed E-state index contributed by atoms with van der Waals surface area (Å²) in [5, 5.41) is 11.4. The van der Waals surface area contributed by atoms with Crippen LogP contribution < -0.4 is 16.0 Å². The van der Waals surface area contributed by atoms with Gasteiger partial charge < -0.3 is 10.2 Å². The van der Waals surface area contributed by atoms with Gasteiger partial charge in [-0.05, 0) is 24.6 Å². The van der Waals surface area contributed by atoms with Crippen molar-refractivity contribution in [2.75, 3.05) is 5.43 Å². The summed E-state index contributed by atoms with van der Waals surface area (Å²) in [7, 11) is 0. The molecule has 8 nitrogen and oxygen atoms in total. The highest BCUT2D eigenvalue weighted by molar-refractivity contribution is 6.32. The number of hydrogen-bond donors (Lipinski definition) is 2. The number of rotatable bonds is 4. The van der Waals surface area contributed by atoms with Gasteiger partial charge in [-0.2, -0.15) is 4.98 Å². The van der Waals surface area contributed by atoms with Crippen LogP contribution in [0.25, 0.3) is 0 Å². The molecule has 1 aromatic carbocycles. The second-order valence-corrected chi connectivity index (χ2v) is 4.22. The summed E-state index contributed by atoms with van der Waals surface area (Å²) in [6, 6.07) is 5.06. The van der Waals surface area contributed by atoms with E-state index < -0.39 is 10.6 Å². The van der Waals surface area contributed by atoms with E-state index in [1.807, 2.05) is 6.92 Å². The van der Waals surface area contributed by atoms with Gasteiger partial charge in [-0.3, -0.25) is 10.1 Å². The normalized spacial score (nSPS) is 10.2. The average molecular weight is 296 g/mol. The fourth-order valence-corrected chi connectivity index (χ4v) is 1.66. The minimum absolute atomic E-state index is 0.149. The van der Waals surface area contributed by atoms with E-state index in [0.717, 1.165) is 11.9 Å². The Kier molecular flexibility index (Phi) is 3.97. The summed E-state index contributed by atoms with van der Waals surface area (Å²) in [4.78, 5) is 17.8. The Bertz CT molecular complexity index is 665. The molecule has 0 aliphatic rings. The maximum atomic E-state index is 11.1. The van der Waals surface area contributed by atoms with Gasteiger partial charge in [0.15, 0.2) is 0 Å². The van der Waals surface area contributed by atoms with E-state index in [-0.39, 0.29) is 17.4 Å². The van der Waals surface area contributed by atoms with Gasteiger partial charge in [0.1, 0.15) is 12.1 Å². The van der Waals surface area contributed by atoms with Crippen LogP contribution in [0.4, 0.5) is 11.5 Å². The Morgan fingerprint density at radius 2 is 2.20 bits per heavy atom. The van der Waals surface area contributed by atoms with Crippen LogP contribution in [0.5, 0.6) is 11.6 Å². The van der Waals surface area contributed by atoms with Crippen molar-refractivity contribution in [1.29, 1.82) is 0 Å². The van der Waals surface area contributed by atoms with Crippen LogP contribution in [0.2, 0.25) is 5.02 Å². The van der Waals surface area contributed by atoms with Gasteiger partial charge in [-0.1, -0.05) is 17.7 Å². The zero-order chi connectivity index (χ0) is 14.7. The first-order valence-electron chi connectivity index (χ1n) is 5.43. The van der Waals surface area contributed by atoms with Crippen molar-refractivity contribution in [3.63, 3.8) is 0 Å². The van der Waals surface area contributed by atoms with Crippen molar-refractivity contribution >= 4 is 23.1 Å². The number of aromatic nitrogens is 2. The van der Waals surface area contributed by atoms with E-state index in [2.05, 4.69) is 15.4 Å². The maximum Gasteiger partial charge on any atom is 0.374 e. The molecule has 9 heteroatoms. The van der Waals surface area contributed by atoms with Gasteiger partial charge in [0.05, 0.1) is 9.95 Å². The number of nitrogen functional groups attached to an aromatic ring is 1. The van der Waals surface area contributed by atoms with Gasteiger partial charge in [0, 0.05) is 0 Å². The third-order valence-electron chi connectivity index (χ3n) is 2.40. The molecule has 0 aliphatic carbocycles. The maximum absolute atomic E-state index is 11.1. The summed E-state index contributed by atoms with van der Waals surface area (Å²) in [6.07, 6.45) is 1.10. The predicted molar refractivity (Wildman–Crippen MR) is 72.8 cm³/mol. The second-order valence-electron chi connectivity index (χ2n) is 3.81. The molecule has 104 valence electrons. The predicted octanol–water partition coefficient (Wildman–Crippen LogP) is 2.42. The molecule has 3 N–H and O–H groups in total. The molecule has 1 aromatic heterocycles. The smallest absolute Gasteiger partial charge is 0.374 e. The molecule has 0 saturated heterocycles. The molecule has 0 radical (unpaired) electrons. The summed E-state index contributed by atoms with van der Waals surface area (Å²) in [5.41, 5.74) is 2.55. The van der Waals surface area contributed by atoms with Crippen LogP contribution in [-0.2, 0) is 0 Å². The Hall–Kier alpha value is -2.45. The number of halogens is 1. The fraction of sp³-hybridized carbons (Fsp3) is 0.0909. The molecule has 2 aromatic rings. The van der Waals surface area contributed by atoms with E-state index in [0.29, 0.717) is 5.02 Å². The topological polar surface area (TPSA) is 116 Å². The SMILES string of the molecule is Cc1ccc(Cl)c(Oc2ncnc(NN)c2[N+](=O)[O-])c1. The van der Waals surface area contributed by atoms with Crippen molar-refractivity contribution < 1.29 is 9.66 Å². The Labute approximate surface area is 118 Å². The van der Waals surface area contributed by atoms with Gasteiger partial charge >= 0.3 is 11.6 Å². The number of anilines is 1. The lowest BCUT2D eigenvalue weighted by molar-refractivity contribution is -0.385. The van der Waals surface area contributed by atoms with Crippen molar-refractivity contribution in [2.24, 2.45) is 5.84 Å². The van der Waals surface area contributed by atoms with Crippen molar-refractivity contribution in [2.45, 2.75) is 6.92 Å². The van der Waals surface area contributed by atoms with Crippen molar-refractivity contribution in [1.82, 2.24) is 9.97 Å². The molecule has 0 amide bonds. The van der Waals surface area contributed by atoms with Crippen LogP contribution >= 0.6 is 11.6 Å². The molecule has 0 saturated carbocycles. The molecule has 0 spiro atoms. The lowest BCUT2D eigenvalue weighted by Gasteiger charge is -2.09. The second kappa shape index (κ2) is 5.68. The first kappa shape index (κ1) is 14.0. The molecule has 0 atom stereocenters. The van der Waals surface area contributed by atoms with Crippen LogP contribution in [0.3, 0.4) is 0 Å². The lowest BCUT2D eigenvalue weighted by Crippen LogP contribution is -2.12. The van der Waals surface area contributed by atoms with E-state index in [1.165, 1.54) is 0 Å². The Morgan fingerprint density at radius 3 is 2.85 bits per heavy atom. The zero-order valence-electron chi connectivity index (χ0n) is 10.3. The van der Waals surface area contributed by atoms with Crippen molar-refractivity contribution in [3.05, 3.63) is 45.2 Å². The number of nitrogens with two attached hydrogens (primary N) is 1. The molecular weight excluding hydrogens is 286 g/mol. The molecule has 0 aliphatic heterocycles. The molecule has 1 heterocycles. The molecule has 0 unspecified atom stereocenters. The fourth-order valence-electron chi connectivity index (χ4n) is 1.50. The minimum Gasteiger partial charge on any atom is -0.432 e. The third kappa shape index (κ3) is 2.76. The number of aryl methyl sites for hydroxylation is 1. The minimum atomic E-state index is -0.686. The molecule has 0 bridgehead atoms.